The number of ether oxygens (including phenoxy) is 1. The van der Waals surface area contributed by atoms with Gasteiger partial charge in [-0.15, -0.1) is 0 Å². The number of fused-ring (bicyclic) bond motifs is 1. The van der Waals surface area contributed by atoms with Crippen LogP contribution in [0.2, 0.25) is 0 Å². The van der Waals surface area contributed by atoms with Gasteiger partial charge in [0.1, 0.15) is 11.9 Å². The summed E-state index contributed by atoms with van der Waals surface area (Å²) in [6.07, 6.45) is 1.63. The standard InChI is InChI=1S/C23H20FN3O4S/c24-15-4-5-18-19(13-15)32-23(25-18)31-17-8-10-26(11-9-17)22(30)14-2-1-3-16(12-14)27-20(28)6-7-21(27)29/h1-5,12-13,17H,6-11H2. The molecule has 0 N–H and O–H groups in total. The molecule has 0 atom stereocenters. The molecule has 7 nitrogen and oxygen atoms in total. The highest BCUT2D eigenvalue weighted by Gasteiger charge is 2.31. The van der Waals surface area contributed by atoms with Gasteiger partial charge in [-0.25, -0.2) is 9.37 Å². The molecular formula is C23H20FN3O4S. The minimum absolute atomic E-state index is 0.0735. The van der Waals surface area contributed by atoms with Crippen LogP contribution in [0, 0.1) is 5.82 Å². The average molecular weight is 453 g/mol. The Morgan fingerprint density at radius 3 is 2.56 bits per heavy atom. The van der Waals surface area contributed by atoms with E-state index in [1.165, 1.54) is 23.5 Å². The SMILES string of the molecule is O=C(c1cccc(N2C(=O)CCC2=O)c1)N1CCC(Oc2nc3ccc(F)cc3s2)CC1. The maximum absolute atomic E-state index is 13.4. The number of imide groups is 1. The van der Waals surface area contributed by atoms with Gasteiger partial charge in [0, 0.05) is 44.3 Å². The van der Waals surface area contributed by atoms with Crippen molar-refractivity contribution >= 4 is 45.0 Å². The lowest BCUT2D eigenvalue weighted by Gasteiger charge is -2.31. The summed E-state index contributed by atoms with van der Waals surface area (Å²) in [5, 5.41) is 0.503. The van der Waals surface area contributed by atoms with Gasteiger partial charge in [0.2, 0.25) is 11.8 Å². The second kappa shape index (κ2) is 8.31. The molecule has 2 fully saturated rings. The number of nitrogens with zero attached hydrogens (tertiary/aromatic N) is 3. The van der Waals surface area contributed by atoms with Gasteiger partial charge in [-0.05, 0) is 36.4 Å². The van der Waals surface area contributed by atoms with Crippen LogP contribution in [0.25, 0.3) is 10.2 Å². The van der Waals surface area contributed by atoms with Gasteiger partial charge < -0.3 is 9.64 Å². The van der Waals surface area contributed by atoms with E-state index in [0.717, 1.165) is 9.60 Å². The van der Waals surface area contributed by atoms with E-state index in [4.69, 9.17) is 4.74 Å². The summed E-state index contributed by atoms with van der Waals surface area (Å²) in [7, 11) is 0. The van der Waals surface area contributed by atoms with Crippen molar-refractivity contribution in [2.45, 2.75) is 31.8 Å². The molecule has 2 aliphatic rings. The molecule has 3 amide bonds. The molecule has 3 heterocycles. The van der Waals surface area contributed by atoms with Crippen molar-refractivity contribution in [1.29, 1.82) is 0 Å². The predicted octanol–water partition coefficient (Wildman–Crippen LogP) is 3.77. The predicted molar refractivity (Wildman–Crippen MR) is 117 cm³/mol. The van der Waals surface area contributed by atoms with Crippen molar-refractivity contribution < 1.29 is 23.5 Å². The van der Waals surface area contributed by atoms with Crippen LogP contribution in [-0.4, -0.2) is 46.8 Å². The number of rotatable bonds is 4. The number of likely N-dealkylation sites (tertiary alicyclic amines) is 1. The van der Waals surface area contributed by atoms with Crippen LogP contribution < -0.4 is 9.64 Å². The summed E-state index contributed by atoms with van der Waals surface area (Å²) in [5.41, 5.74) is 1.59. The van der Waals surface area contributed by atoms with E-state index in [1.54, 1.807) is 35.2 Å². The zero-order chi connectivity index (χ0) is 22.2. The fourth-order valence-electron chi connectivity index (χ4n) is 4.07. The van der Waals surface area contributed by atoms with E-state index in [-0.39, 0.29) is 42.5 Å². The molecule has 0 radical (unpaired) electrons. The third-order valence-corrected chi connectivity index (χ3v) is 6.64. The monoisotopic (exact) mass is 453 g/mol. The molecule has 32 heavy (non-hydrogen) atoms. The number of halogens is 1. The van der Waals surface area contributed by atoms with Crippen molar-refractivity contribution in [3.05, 3.63) is 53.8 Å². The number of benzene rings is 2. The van der Waals surface area contributed by atoms with E-state index in [9.17, 15) is 18.8 Å². The number of thiazole rings is 1. The third-order valence-electron chi connectivity index (χ3n) is 5.73. The summed E-state index contributed by atoms with van der Waals surface area (Å²) in [6.45, 7) is 1.05. The highest BCUT2D eigenvalue weighted by atomic mass is 32.1. The highest BCUT2D eigenvalue weighted by molar-refractivity contribution is 7.20. The summed E-state index contributed by atoms with van der Waals surface area (Å²) in [6, 6.07) is 11.1. The summed E-state index contributed by atoms with van der Waals surface area (Å²) in [5.74, 6) is -0.924. The van der Waals surface area contributed by atoms with Gasteiger partial charge in [-0.1, -0.05) is 17.4 Å². The average Bonchev–Trinajstić information content (AvgIpc) is 3.35. The largest absolute Gasteiger partial charge is 0.467 e. The second-order valence-corrected chi connectivity index (χ2v) is 8.87. The molecule has 2 aromatic carbocycles. The van der Waals surface area contributed by atoms with E-state index >= 15 is 0 Å². The highest BCUT2D eigenvalue weighted by Crippen LogP contribution is 2.31. The van der Waals surface area contributed by atoms with Crippen LogP contribution in [0.4, 0.5) is 10.1 Å². The minimum atomic E-state index is -0.304. The molecule has 0 bridgehead atoms. The topological polar surface area (TPSA) is 79.8 Å². The summed E-state index contributed by atoms with van der Waals surface area (Å²) >= 11 is 1.31. The summed E-state index contributed by atoms with van der Waals surface area (Å²) < 4.78 is 20.1. The molecule has 0 spiro atoms. The fraction of sp³-hybridized carbons (Fsp3) is 0.304. The normalized spacial score (nSPS) is 17.4. The van der Waals surface area contributed by atoms with Crippen LogP contribution in [0.5, 0.6) is 5.19 Å². The first-order chi connectivity index (χ1) is 15.5. The van der Waals surface area contributed by atoms with Crippen molar-refractivity contribution in [3.63, 3.8) is 0 Å². The number of piperidine rings is 1. The maximum Gasteiger partial charge on any atom is 0.274 e. The Labute approximate surface area is 187 Å². The van der Waals surface area contributed by atoms with E-state index in [0.29, 0.717) is 47.9 Å². The smallest absolute Gasteiger partial charge is 0.274 e. The number of hydrogen-bond acceptors (Lipinski definition) is 6. The summed E-state index contributed by atoms with van der Waals surface area (Å²) in [4.78, 5) is 44.3. The lowest BCUT2D eigenvalue weighted by molar-refractivity contribution is -0.121. The third kappa shape index (κ3) is 3.95. The van der Waals surface area contributed by atoms with Crippen molar-refractivity contribution in [1.82, 2.24) is 9.88 Å². The van der Waals surface area contributed by atoms with Crippen LogP contribution >= 0.6 is 11.3 Å². The first-order valence-electron chi connectivity index (χ1n) is 10.5. The lowest BCUT2D eigenvalue weighted by Crippen LogP contribution is -2.41. The quantitative estimate of drug-likeness (QED) is 0.562. The maximum atomic E-state index is 13.4. The Morgan fingerprint density at radius 2 is 1.81 bits per heavy atom. The Kier molecular flexibility index (Phi) is 5.34. The molecular weight excluding hydrogens is 433 g/mol. The minimum Gasteiger partial charge on any atom is -0.467 e. The number of carbonyl (C=O) groups is 3. The Morgan fingerprint density at radius 1 is 1.06 bits per heavy atom. The van der Waals surface area contributed by atoms with Crippen LogP contribution in [0.3, 0.4) is 0 Å². The van der Waals surface area contributed by atoms with Gasteiger partial charge in [0.15, 0.2) is 0 Å². The number of amides is 3. The number of aromatic nitrogens is 1. The number of anilines is 1. The number of carbonyl (C=O) groups excluding carboxylic acids is 3. The van der Waals surface area contributed by atoms with Crippen LogP contribution in [0.1, 0.15) is 36.0 Å². The van der Waals surface area contributed by atoms with Crippen molar-refractivity contribution in [2.24, 2.45) is 0 Å². The number of hydrogen-bond donors (Lipinski definition) is 0. The molecule has 3 aromatic rings. The molecule has 164 valence electrons. The molecule has 1 aromatic heterocycles. The van der Waals surface area contributed by atoms with Gasteiger partial charge in [0.25, 0.3) is 11.1 Å². The van der Waals surface area contributed by atoms with Gasteiger partial charge in [-0.3, -0.25) is 19.3 Å². The first-order valence-corrected chi connectivity index (χ1v) is 11.3. The fourth-order valence-corrected chi connectivity index (χ4v) is 4.98. The van der Waals surface area contributed by atoms with Gasteiger partial charge in [-0.2, -0.15) is 0 Å². The molecule has 2 saturated heterocycles. The first kappa shape index (κ1) is 20.6. The molecule has 0 aliphatic carbocycles. The lowest BCUT2D eigenvalue weighted by atomic mass is 10.1. The van der Waals surface area contributed by atoms with Gasteiger partial charge in [0.05, 0.1) is 15.9 Å². The van der Waals surface area contributed by atoms with Crippen molar-refractivity contribution in [2.75, 3.05) is 18.0 Å². The zero-order valence-electron chi connectivity index (χ0n) is 17.1. The zero-order valence-corrected chi connectivity index (χ0v) is 17.9. The molecule has 0 saturated carbocycles. The molecule has 9 heteroatoms. The Bertz CT molecular complexity index is 1200. The second-order valence-electron chi connectivity index (χ2n) is 7.87. The molecule has 0 unspecified atom stereocenters. The molecule has 2 aliphatic heterocycles. The van der Waals surface area contributed by atoms with E-state index < -0.39 is 0 Å². The van der Waals surface area contributed by atoms with Crippen LogP contribution in [-0.2, 0) is 9.59 Å². The van der Waals surface area contributed by atoms with Crippen LogP contribution in [0.15, 0.2) is 42.5 Å². The van der Waals surface area contributed by atoms with E-state index in [2.05, 4.69) is 4.98 Å². The Hall–Kier alpha value is -3.33. The van der Waals surface area contributed by atoms with Crippen molar-refractivity contribution in [3.8, 4) is 5.19 Å². The molecule has 5 rings (SSSR count). The van der Waals surface area contributed by atoms with Gasteiger partial charge >= 0.3 is 0 Å². The Balaban J connectivity index is 1.22. The van der Waals surface area contributed by atoms with E-state index in [1.807, 2.05) is 0 Å².